The highest BCUT2D eigenvalue weighted by atomic mass is 16.2. The fourth-order valence-corrected chi connectivity index (χ4v) is 1.93. The zero-order valence-corrected chi connectivity index (χ0v) is 9.44. The van der Waals surface area contributed by atoms with E-state index in [0.717, 1.165) is 19.6 Å². The molecule has 0 radical (unpaired) electrons. The smallest absolute Gasteiger partial charge is 0.253 e. The number of nitrogens with zero attached hydrogens (tertiary/aromatic N) is 1. The lowest BCUT2D eigenvalue weighted by Gasteiger charge is -2.31. The summed E-state index contributed by atoms with van der Waals surface area (Å²) < 4.78 is 0. The van der Waals surface area contributed by atoms with Gasteiger partial charge in [-0.1, -0.05) is 0 Å². The molecule has 16 heavy (non-hydrogen) atoms. The normalized spacial score (nSPS) is 20.8. The van der Waals surface area contributed by atoms with Gasteiger partial charge in [-0.15, -0.1) is 0 Å². The van der Waals surface area contributed by atoms with Gasteiger partial charge in [0.1, 0.15) is 0 Å². The van der Waals surface area contributed by atoms with Crippen molar-refractivity contribution in [3.05, 3.63) is 29.8 Å². The molecule has 0 bridgehead atoms. The Bertz CT molecular complexity index is 374. The Labute approximate surface area is 95.4 Å². The second-order valence-electron chi connectivity index (χ2n) is 4.23. The van der Waals surface area contributed by atoms with Crippen LogP contribution >= 0.6 is 0 Å². The van der Waals surface area contributed by atoms with Gasteiger partial charge in [0.2, 0.25) is 0 Å². The van der Waals surface area contributed by atoms with E-state index in [2.05, 4.69) is 12.2 Å². The summed E-state index contributed by atoms with van der Waals surface area (Å²) in [5, 5.41) is 3.31. The van der Waals surface area contributed by atoms with Gasteiger partial charge in [-0.25, -0.2) is 0 Å². The number of hydrogen-bond donors (Lipinski definition) is 2. The Kier molecular flexibility index (Phi) is 3.10. The Morgan fingerprint density at radius 3 is 2.75 bits per heavy atom. The first kappa shape index (κ1) is 11.0. The van der Waals surface area contributed by atoms with Gasteiger partial charge in [0, 0.05) is 36.9 Å². The number of rotatable bonds is 1. The molecule has 1 aliphatic rings. The second kappa shape index (κ2) is 4.53. The standard InChI is InChI=1S/C12H17N3O/c1-9-8-15(7-6-14-9)12(16)10-2-4-11(13)5-3-10/h2-5,9,14H,6-8,13H2,1H3. The van der Waals surface area contributed by atoms with Gasteiger partial charge in [0.05, 0.1) is 0 Å². The van der Waals surface area contributed by atoms with Crippen molar-refractivity contribution in [2.24, 2.45) is 0 Å². The zero-order chi connectivity index (χ0) is 11.5. The first-order valence-electron chi connectivity index (χ1n) is 5.55. The maximum Gasteiger partial charge on any atom is 0.253 e. The molecule has 1 aliphatic heterocycles. The van der Waals surface area contributed by atoms with E-state index in [1.54, 1.807) is 24.3 Å². The summed E-state index contributed by atoms with van der Waals surface area (Å²) >= 11 is 0. The topological polar surface area (TPSA) is 58.4 Å². The Balaban J connectivity index is 2.09. The van der Waals surface area contributed by atoms with Gasteiger partial charge in [0.25, 0.3) is 5.91 Å². The number of carbonyl (C=O) groups excluding carboxylic acids is 1. The van der Waals surface area contributed by atoms with Crippen LogP contribution in [0.2, 0.25) is 0 Å². The number of amides is 1. The van der Waals surface area contributed by atoms with E-state index < -0.39 is 0 Å². The highest BCUT2D eigenvalue weighted by Crippen LogP contribution is 2.10. The van der Waals surface area contributed by atoms with E-state index in [0.29, 0.717) is 17.3 Å². The molecule has 1 fully saturated rings. The average Bonchev–Trinajstić information content (AvgIpc) is 2.29. The molecule has 86 valence electrons. The quantitative estimate of drug-likeness (QED) is 0.684. The lowest BCUT2D eigenvalue weighted by atomic mass is 10.1. The summed E-state index contributed by atoms with van der Waals surface area (Å²) in [6.45, 7) is 4.49. The van der Waals surface area contributed by atoms with Gasteiger partial charge in [-0.2, -0.15) is 0 Å². The van der Waals surface area contributed by atoms with E-state index in [4.69, 9.17) is 5.73 Å². The highest BCUT2D eigenvalue weighted by molar-refractivity contribution is 5.94. The number of nitrogen functional groups attached to an aromatic ring is 1. The molecule has 4 nitrogen and oxygen atoms in total. The summed E-state index contributed by atoms with van der Waals surface area (Å²) in [6.07, 6.45) is 0. The van der Waals surface area contributed by atoms with Crippen LogP contribution in [0.3, 0.4) is 0 Å². The number of anilines is 1. The summed E-state index contributed by atoms with van der Waals surface area (Å²) in [5.41, 5.74) is 6.99. The lowest BCUT2D eigenvalue weighted by Crippen LogP contribution is -2.51. The van der Waals surface area contributed by atoms with E-state index in [-0.39, 0.29) is 5.91 Å². The van der Waals surface area contributed by atoms with Crippen molar-refractivity contribution in [2.75, 3.05) is 25.4 Å². The molecular weight excluding hydrogens is 202 g/mol. The molecule has 0 aromatic heterocycles. The molecule has 4 heteroatoms. The van der Waals surface area contributed by atoms with Crippen LogP contribution in [0.15, 0.2) is 24.3 Å². The summed E-state index contributed by atoms with van der Waals surface area (Å²) in [5.74, 6) is 0.0911. The number of nitrogens with two attached hydrogens (primary N) is 1. The lowest BCUT2D eigenvalue weighted by molar-refractivity contribution is 0.0709. The largest absolute Gasteiger partial charge is 0.399 e. The number of carbonyl (C=O) groups is 1. The number of nitrogens with one attached hydrogen (secondary N) is 1. The third kappa shape index (κ3) is 2.33. The minimum atomic E-state index is 0.0911. The number of piperazine rings is 1. The first-order chi connectivity index (χ1) is 7.66. The van der Waals surface area contributed by atoms with Crippen LogP contribution in [0.25, 0.3) is 0 Å². The molecular formula is C12H17N3O. The van der Waals surface area contributed by atoms with Crippen molar-refractivity contribution in [1.82, 2.24) is 10.2 Å². The van der Waals surface area contributed by atoms with Crippen LogP contribution < -0.4 is 11.1 Å². The van der Waals surface area contributed by atoms with E-state index in [1.165, 1.54) is 0 Å². The summed E-state index contributed by atoms with van der Waals surface area (Å²) in [7, 11) is 0. The molecule has 1 aromatic carbocycles. The maximum absolute atomic E-state index is 12.1. The van der Waals surface area contributed by atoms with Crippen molar-refractivity contribution in [1.29, 1.82) is 0 Å². The molecule has 0 saturated carbocycles. The molecule has 1 amide bonds. The minimum absolute atomic E-state index is 0.0911. The van der Waals surface area contributed by atoms with Gasteiger partial charge >= 0.3 is 0 Å². The Morgan fingerprint density at radius 2 is 2.12 bits per heavy atom. The fourth-order valence-electron chi connectivity index (χ4n) is 1.93. The van der Waals surface area contributed by atoms with Crippen molar-refractivity contribution in [3.63, 3.8) is 0 Å². The maximum atomic E-state index is 12.1. The first-order valence-corrected chi connectivity index (χ1v) is 5.55. The summed E-state index contributed by atoms with van der Waals surface area (Å²) in [6, 6.07) is 7.46. The van der Waals surface area contributed by atoms with Crippen LogP contribution in [0.4, 0.5) is 5.69 Å². The van der Waals surface area contributed by atoms with Crippen molar-refractivity contribution in [2.45, 2.75) is 13.0 Å². The van der Waals surface area contributed by atoms with Crippen LogP contribution in [-0.4, -0.2) is 36.5 Å². The Morgan fingerprint density at radius 1 is 1.44 bits per heavy atom. The molecule has 1 saturated heterocycles. The third-order valence-electron chi connectivity index (χ3n) is 2.81. The molecule has 0 aliphatic carbocycles. The van der Waals surface area contributed by atoms with Crippen LogP contribution in [0.5, 0.6) is 0 Å². The molecule has 0 spiro atoms. The zero-order valence-electron chi connectivity index (χ0n) is 9.44. The predicted octanol–water partition coefficient (Wildman–Crippen LogP) is 0.703. The number of hydrogen-bond acceptors (Lipinski definition) is 3. The van der Waals surface area contributed by atoms with E-state index in [9.17, 15) is 4.79 Å². The monoisotopic (exact) mass is 219 g/mol. The summed E-state index contributed by atoms with van der Waals surface area (Å²) in [4.78, 5) is 14.0. The van der Waals surface area contributed by atoms with Gasteiger partial charge in [-0.3, -0.25) is 4.79 Å². The van der Waals surface area contributed by atoms with E-state index in [1.807, 2.05) is 4.90 Å². The van der Waals surface area contributed by atoms with Crippen molar-refractivity contribution >= 4 is 11.6 Å². The predicted molar refractivity (Wildman–Crippen MR) is 64.2 cm³/mol. The molecule has 2 rings (SSSR count). The second-order valence-corrected chi connectivity index (χ2v) is 4.23. The van der Waals surface area contributed by atoms with Crippen molar-refractivity contribution < 1.29 is 4.79 Å². The average molecular weight is 219 g/mol. The minimum Gasteiger partial charge on any atom is -0.399 e. The highest BCUT2D eigenvalue weighted by Gasteiger charge is 2.21. The Hall–Kier alpha value is -1.55. The molecule has 1 unspecified atom stereocenters. The van der Waals surface area contributed by atoms with Crippen LogP contribution in [-0.2, 0) is 0 Å². The number of benzene rings is 1. The van der Waals surface area contributed by atoms with Crippen LogP contribution in [0.1, 0.15) is 17.3 Å². The molecule has 1 aromatic rings. The van der Waals surface area contributed by atoms with Gasteiger partial charge in [0.15, 0.2) is 0 Å². The van der Waals surface area contributed by atoms with E-state index >= 15 is 0 Å². The third-order valence-corrected chi connectivity index (χ3v) is 2.81. The van der Waals surface area contributed by atoms with Crippen molar-refractivity contribution in [3.8, 4) is 0 Å². The molecule has 1 heterocycles. The molecule has 3 N–H and O–H groups in total. The van der Waals surface area contributed by atoms with Gasteiger partial charge < -0.3 is 16.0 Å². The SMILES string of the molecule is CC1CN(C(=O)c2ccc(N)cc2)CCN1. The molecule has 1 atom stereocenters. The van der Waals surface area contributed by atoms with Gasteiger partial charge in [-0.05, 0) is 31.2 Å². The van der Waals surface area contributed by atoms with Crippen LogP contribution in [0, 0.1) is 0 Å². The fraction of sp³-hybridized carbons (Fsp3) is 0.417.